The number of hydrogen-bond donors (Lipinski definition) is 2. The third kappa shape index (κ3) is 4.96. The van der Waals surface area contributed by atoms with Gasteiger partial charge >= 0.3 is 0 Å². The highest BCUT2D eigenvalue weighted by molar-refractivity contribution is 7.89. The molecule has 0 saturated carbocycles. The maximum Gasteiger partial charge on any atom is 0.253 e. The van der Waals surface area contributed by atoms with E-state index in [2.05, 4.69) is 5.32 Å². The molecule has 1 unspecified atom stereocenters. The number of nitrogens with one attached hydrogen (secondary N) is 1. The Morgan fingerprint density at radius 1 is 1.43 bits per heavy atom. The summed E-state index contributed by atoms with van der Waals surface area (Å²) in [6, 6.07) is 3.54. The Hall–Kier alpha value is -1.15. The van der Waals surface area contributed by atoms with Crippen molar-refractivity contribution in [2.75, 3.05) is 13.7 Å². The van der Waals surface area contributed by atoms with Crippen molar-refractivity contribution in [3.8, 4) is 0 Å². The summed E-state index contributed by atoms with van der Waals surface area (Å²) < 4.78 is 27.7. The molecule has 21 heavy (non-hydrogen) atoms. The Bertz CT molecular complexity index is 617. The van der Waals surface area contributed by atoms with Crippen LogP contribution in [0.15, 0.2) is 23.1 Å². The highest BCUT2D eigenvalue weighted by Crippen LogP contribution is 2.20. The second-order valence-electron chi connectivity index (χ2n) is 4.97. The van der Waals surface area contributed by atoms with Crippen molar-refractivity contribution in [2.45, 2.75) is 24.8 Å². The van der Waals surface area contributed by atoms with Gasteiger partial charge in [0.1, 0.15) is 0 Å². The van der Waals surface area contributed by atoms with E-state index < -0.39 is 15.9 Å². The van der Waals surface area contributed by atoms with Crippen LogP contribution >= 0.6 is 11.6 Å². The number of rotatable bonds is 6. The zero-order valence-electron chi connectivity index (χ0n) is 12.1. The zero-order valence-corrected chi connectivity index (χ0v) is 13.7. The van der Waals surface area contributed by atoms with E-state index in [4.69, 9.17) is 21.5 Å². The molecule has 1 aromatic carbocycles. The van der Waals surface area contributed by atoms with Gasteiger partial charge in [-0.2, -0.15) is 0 Å². The van der Waals surface area contributed by atoms with Gasteiger partial charge in [-0.25, -0.2) is 13.6 Å². The van der Waals surface area contributed by atoms with Gasteiger partial charge in [0.05, 0.1) is 28.1 Å². The van der Waals surface area contributed by atoms with Gasteiger partial charge in [-0.05, 0) is 24.1 Å². The average Bonchev–Trinajstić information content (AvgIpc) is 2.36. The highest BCUT2D eigenvalue weighted by atomic mass is 35.5. The second kappa shape index (κ2) is 7.22. The largest absolute Gasteiger partial charge is 0.383 e. The lowest BCUT2D eigenvalue weighted by Crippen LogP contribution is -2.41. The van der Waals surface area contributed by atoms with E-state index in [1.807, 2.05) is 13.8 Å². The predicted molar refractivity (Wildman–Crippen MR) is 80.8 cm³/mol. The first kappa shape index (κ1) is 17.9. The van der Waals surface area contributed by atoms with Crippen molar-refractivity contribution in [1.82, 2.24) is 5.32 Å². The second-order valence-corrected chi connectivity index (χ2v) is 6.93. The molecule has 118 valence electrons. The van der Waals surface area contributed by atoms with Gasteiger partial charge in [-0.1, -0.05) is 25.4 Å². The summed E-state index contributed by atoms with van der Waals surface area (Å²) >= 11 is 5.95. The molecule has 0 aliphatic rings. The normalized spacial score (nSPS) is 13.2. The molecule has 8 heteroatoms. The Morgan fingerprint density at radius 3 is 2.52 bits per heavy atom. The number of hydrogen-bond acceptors (Lipinski definition) is 4. The zero-order chi connectivity index (χ0) is 16.2. The van der Waals surface area contributed by atoms with Crippen LogP contribution in [0.3, 0.4) is 0 Å². The van der Waals surface area contributed by atoms with Crippen molar-refractivity contribution in [3.63, 3.8) is 0 Å². The van der Waals surface area contributed by atoms with Gasteiger partial charge < -0.3 is 10.1 Å². The van der Waals surface area contributed by atoms with E-state index in [-0.39, 0.29) is 27.4 Å². The van der Waals surface area contributed by atoms with Crippen LogP contribution in [0, 0.1) is 5.92 Å². The minimum Gasteiger partial charge on any atom is -0.383 e. The summed E-state index contributed by atoms with van der Waals surface area (Å²) in [7, 11) is -2.36. The number of halogens is 1. The number of ether oxygens (including phenoxy) is 1. The molecule has 0 aromatic heterocycles. The molecule has 0 saturated heterocycles. The summed E-state index contributed by atoms with van der Waals surface area (Å²) in [4.78, 5) is 12.1. The number of methoxy groups -OCH3 is 1. The standard InChI is InChI=1S/C13H19ClN2O4S/c1-8(2)12(7-20-3)16-13(17)10-6-9(21(15,18)19)4-5-11(10)14/h4-6,8,12H,7H2,1-3H3,(H,16,17)(H2,15,18,19). The van der Waals surface area contributed by atoms with Crippen LogP contribution in [0.4, 0.5) is 0 Å². The molecule has 3 N–H and O–H groups in total. The fourth-order valence-electron chi connectivity index (χ4n) is 1.68. The van der Waals surface area contributed by atoms with Crippen molar-refractivity contribution >= 4 is 27.5 Å². The molecule has 0 spiro atoms. The third-order valence-electron chi connectivity index (χ3n) is 2.98. The number of carbonyl (C=O) groups is 1. The van der Waals surface area contributed by atoms with Gasteiger partial charge in [-0.15, -0.1) is 0 Å². The lowest BCUT2D eigenvalue weighted by atomic mass is 10.0. The van der Waals surface area contributed by atoms with Gasteiger partial charge in [-0.3, -0.25) is 4.79 Å². The first-order valence-corrected chi connectivity index (χ1v) is 8.21. The lowest BCUT2D eigenvalue weighted by molar-refractivity contribution is 0.0866. The van der Waals surface area contributed by atoms with Gasteiger partial charge in [0.25, 0.3) is 5.91 Å². The summed E-state index contributed by atoms with van der Waals surface area (Å²) in [5, 5.41) is 7.97. The quantitative estimate of drug-likeness (QED) is 0.821. The van der Waals surface area contributed by atoms with Crippen LogP contribution in [-0.4, -0.2) is 34.1 Å². The number of carbonyl (C=O) groups excluding carboxylic acids is 1. The topological polar surface area (TPSA) is 98.5 Å². The summed E-state index contributed by atoms with van der Waals surface area (Å²) in [5.41, 5.74) is 0.0601. The Kier molecular flexibility index (Phi) is 6.15. The molecule has 0 bridgehead atoms. The van der Waals surface area contributed by atoms with Gasteiger partial charge in [0.2, 0.25) is 10.0 Å². The van der Waals surface area contributed by atoms with Crippen LogP contribution in [0.2, 0.25) is 5.02 Å². The monoisotopic (exact) mass is 334 g/mol. The summed E-state index contributed by atoms with van der Waals surface area (Å²) in [6.07, 6.45) is 0. The molecular weight excluding hydrogens is 316 g/mol. The molecule has 0 heterocycles. The van der Waals surface area contributed by atoms with Crippen LogP contribution in [-0.2, 0) is 14.8 Å². The molecule has 0 aliphatic carbocycles. The van der Waals surface area contributed by atoms with Crippen molar-refractivity contribution < 1.29 is 17.9 Å². The van der Waals surface area contributed by atoms with E-state index in [9.17, 15) is 13.2 Å². The summed E-state index contributed by atoms with van der Waals surface area (Å²) in [6.45, 7) is 4.22. The molecule has 1 atom stereocenters. The molecule has 6 nitrogen and oxygen atoms in total. The van der Waals surface area contributed by atoms with Gasteiger partial charge in [0, 0.05) is 7.11 Å². The van der Waals surface area contributed by atoms with E-state index in [1.165, 1.54) is 19.2 Å². The molecule has 0 radical (unpaired) electrons. The SMILES string of the molecule is COCC(NC(=O)c1cc(S(N)(=O)=O)ccc1Cl)C(C)C. The van der Waals surface area contributed by atoms with Crippen LogP contribution in [0.5, 0.6) is 0 Å². The number of benzene rings is 1. The maximum absolute atomic E-state index is 12.2. The molecule has 1 amide bonds. The molecule has 1 aromatic rings. The van der Waals surface area contributed by atoms with Crippen molar-refractivity contribution in [3.05, 3.63) is 28.8 Å². The van der Waals surface area contributed by atoms with Crippen LogP contribution in [0.1, 0.15) is 24.2 Å². The molecule has 0 fully saturated rings. The lowest BCUT2D eigenvalue weighted by Gasteiger charge is -2.21. The van der Waals surface area contributed by atoms with E-state index in [0.717, 1.165) is 6.07 Å². The minimum absolute atomic E-state index is 0.0601. The van der Waals surface area contributed by atoms with Crippen molar-refractivity contribution in [1.29, 1.82) is 0 Å². The highest BCUT2D eigenvalue weighted by Gasteiger charge is 2.20. The van der Waals surface area contributed by atoms with Crippen LogP contribution < -0.4 is 10.5 Å². The average molecular weight is 335 g/mol. The van der Waals surface area contributed by atoms with Crippen LogP contribution in [0.25, 0.3) is 0 Å². The number of nitrogens with two attached hydrogens (primary N) is 1. The van der Waals surface area contributed by atoms with E-state index >= 15 is 0 Å². The third-order valence-corrected chi connectivity index (χ3v) is 4.22. The summed E-state index contributed by atoms with van der Waals surface area (Å²) in [5.74, 6) is -0.324. The van der Waals surface area contributed by atoms with Gasteiger partial charge in [0.15, 0.2) is 0 Å². The Balaban J connectivity index is 3.07. The van der Waals surface area contributed by atoms with E-state index in [0.29, 0.717) is 6.61 Å². The van der Waals surface area contributed by atoms with Crippen molar-refractivity contribution in [2.24, 2.45) is 11.1 Å². The number of primary sulfonamides is 1. The fourth-order valence-corrected chi connectivity index (χ4v) is 2.43. The Labute approximate surface area is 129 Å². The minimum atomic E-state index is -3.89. The molecule has 0 aliphatic heterocycles. The Morgan fingerprint density at radius 2 is 2.05 bits per heavy atom. The van der Waals surface area contributed by atoms with E-state index in [1.54, 1.807) is 0 Å². The molecular formula is C13H19ClN2O4S. The number of sulfonamides is 1. The first-order chi connectivity index (χ1) is 9.66. The first-order valence-electron chi connectivity index (χ1n) is 6.29. The number of amides is 1. The molecule has 1 rings (SSSR count). The maximum atomic E-state index is 12.2. The smallest absolute Gasteiger partial charge is 0.253 e. The fraction of sp³-hybridized carbons (Fsp3) is 0.462. The predicted octanol–water partition coefficient (Wildman–Crippen LogP) is 1.39.